The van der Waals surface area contributed by atoms with Crippen molar-refractivity contribution in [1.82, 2.24) is 0 Å². The first kappa shape index (κ1) is 27.1. The number of allylic oxidation sites excluding steroid dienone is 2. The minimum Gasteiger partial charge on any atom is -0.462 e. The van der Waals surface area contributed by atoms with Crippen LogP contribution < -0.4 is 20.4 Å². The van der Waals surface area contributed by atoms with E-state index in [0.717, 1.165) is 5.57 Å². The quantitative estimate of drug-likeness (QED) is 0.184. The van der Waals surface area contributed by atoms with Gasteiger partial charge in [0.1, 0.15) is 35.0 Å². The number of nitrogens with one attached hydrogen (secondary N) is 1. The van der Waals surface area contributed by atoms with Crippen LogP contribution >= 0.6 is 0 Å². The van der Waals surface area contributed by atoms with Crippen LogP contribution in [0.1, 0.15) is 42.3 Å². The number of aliphatic hydroxyl groups excluding tert-OH is 2. The van der Waals surface area contributed by atoms with Crippen molar-refractivity contribution in [3.05, 3.63) is 75.2 Å². The highest BCUT2D eigenvalue weighted by molar-refractivity contribution is 6.05. The highest BCUT2D eigenvalue weighted by atomic mass is 16.7. The smallest absolute Gasteiger partial charge is 0.360 e. The van der Waals surface area contributed by atoms with Gasteiger partial charge in [0.2, 0.25) is 6.29 Å². The van der Waals surface area contributed by atoms with Crippen molar-refractivity contribution in [2.75, 3.05) is 11.9 Å². The molecule has 1 aliphatic rings. The van der Waals surface area contributed by atoms with Gasteiger partial charge in [-0.25, -0.2) is 4.79 Å². The maximum absolute atomic E-state index is 13.0. The van der Waals surface area contributed by atoms with Gasteiger partial charge in [0, 0.05) is 23.4 Å². The second-order valence-electron chi connectivity index (χ2n) is 9.29. The molecule has 2 heterocycles. The maximum atomic E-state index is 13.0. The Morgan fingerprint density at radius 3 is 2.50 bits per heavy atom. The molecule has 200 valence electrons. The van der Waals surface area contributed by atoms with Gasteiger partial charge in [0.25, 0.3) is 5.91 Å². The molecule has 3 N–H and O–H groups in total. The zero-order valence-corrected chi connectivity index (χ0v) is 21.4. The first-order chi connectivity index (χ1) is 18.0. The molecular formula is C28H29NO9. The molecule has 3 aromatic rings. The van der Waals surface area contributed by atoms with E-state index in [2.05, 4.69) is 5.32 Å². The van der Waals surface area contributed by atoms with E-state index in [1.165, 1.54) is 19.1 Å². The first-order valence-electron chi connectivity index (χ1n) is 12.0. The van der Waals surface area contributed by atoms with Gasteiger partial charge in [0.05, 0.1) is 6.61 Å². The lowest BCUT2D eigenvalue weighted by molar-refractivity contribution is -0.131. The zero-order chi connectivity index (χ0) is 27.6. The molecule has 0 spiro atoms. The number of anilines is 1. The fraction of sp³-hybridized carbons (Fsp3) is 0.321. The molecule has 38 heavy (non-hydrogen) atoms. The molecule has 0 aliphatic carbocycles. The second kappa shape index (κ2) is 11.2. The van der Waals surface area contributed by atoms with Crippen LogP contribution in [0, 0.1) is 6.92 Å². The number of carbonyl (C=O) groups is 2. The summed E-state index contributed by atoms with van der Waals surface area (Å²) >= 11 is 0. The molecule has 10 nitrogen and oxygen atoms in total. The van der Waals surface area contributed by atoms with E-state index < -0.39 is 36.0 Å². The molecule has 4 rings (SSSR count). The van der Waals surface area contributed by atoms with E-state index in [4.69, 9.17) is 18.6 Å². The Morgan fingerprint density at radius 2 is 1.84 bits per heavy atom. The average molecular weight is 524 g/mol. The normalized spacial score (nSPS) is 18.7. The maximum Gasteiger partial charge on any atom is 0.360 e. The van der Waals surface area contributed by atoms with Crippen LogP contribution in [0.15, 0.2) is 57.3 Å². The lowest BCUT2D eigenvalue weighted by atomic mass is 10.0. The topological polar surface area (TPSA) is 145 Å². The lowest BCUT2D eigenvalue weighted by Crippen LogP contribution is -2.33. The molecule has 1 fully saturated rings. The Balaban J connectivity index is 1.58. The van der Waals surface area contributed by atoms with Gasteiger partial charge in [0.15, 0.2) is 0 Å². The summed E-state index contributed by atoms with van der Waals surface area (Å²) in [5.41, 5.74) is 1.90. The Bertz CT molecular complexity index is 1470. The fourth-order valence-corrected chi connectivity index (χ4v) is 3.96. The minimum absolute atomic E-state index is 0.0526. The standard InChI is InChI=1S/C28H29NO9/c1-14(2)5-6-17-11-19(8-10-23(17)36-16(4)30)26(33)29-20-12-18-7-9-22(15(3)25(18)38-27(20)34)37-28-24(32)21(31)13-35-28/h5,7-12,21,24,28,31-32H,6,13H2,1-4H3,(H,29,33)/t21-,24+,28-/m0/s1. The molecule has 10 heteroatoms. The number of fused-ring (bicyclic) bond motifs is 1. The van der Waals surface area contributed by atoms with Gasteiger partial charge in [-0.3, -0.25) is 9.59 Å². The molecule has 0 unspecified atom stereocenters. The Kier molecular flexibility index (Phi) is 7.96. The molecule has 1 saturated heterocycles. The fourth-order valence-electron chi connectivity index (χ4n) is 3.96. The highest BCUT2D eigenvalue weighted by Gasteiger charge is 2.36. The molecule has 1 aliphatic heterocycles. The van der Waals surface area contributed by atoms with Crippen molar-refractivity contribution in [2.24, 2.45) is 0 Å². The van der Waals surface area contributed by atoms with Crippen molar-refractivity contribution in [3.8, 4) is 11.5 Å². The number of rotatable bonds is 7. The van der Waals surface area contributed by atoms with E-state index in [1.807, 2.05) is 19.9 Å². The molecule has 0 saturated carbocycles. The monoisotopic (exact) mass is 523 g/mol. The lowest BCUT2D eigenvalue weighted by Gasteiger charge is -2.18. The molecule has 0 radical (unpaired) electrons. The number of aryl methyl sites for hydroxylation is 1. The van der Waals surface area contributed by atoms with Gasteiger partial charge < -0.3 is 34.2 Å². The molecule has 1 aromatic heterocycles. The van der Waals surface area contributed by atoms with Crippen molar-refractivity contribution in [2.45, 2.75) is 52.6 Å². The summed E-state index contributed by atoms with van der Waals surface area (Å²) in [6, 6.07) is 9.42. The third kappa shape index (κ3) is 5.94. The predicted octanol–water partition coefficient (Wildman–Crippen LogP) is 3.24. The summed E-state index contributed by atoms with van der Waals surface area (Å²) in [7, 11) is 0. The number of ether oxygens (including phenoxy) is 3. The van der Waals surface area contributed by atoms with Crippen molar-refractivity contribution in [3.63, 3.8) is 0 Å². The number of hydrogen-bond acceptors (Lipinski definition) is 9. The van der Waals surface area contributed by atoms with Crippen LogP contribution in [0.2, 0.25) is 0 Å². The van der Waals surface area contributed by atoms with Gasteiger partial charge in [-0.15, -0.1) is 0 Å². The summed E-state index contributed by atoms with van der Waals surface area (Å²) in [5, 5.41) is 22.7. The summed E-state index contributed by atoms with van der Waals surface area (Å²) in [6.45, 7) is 6.80. The number of aliphatic hydroxyl groups is 2. The third-order valence-corrected chi connectivity index (χ3v) is 6.00. The largest absolute Gasteiger partial charge is 0.462 e. The van der Waals surface area contributed by atoms with Crippen molar-refractivity contribution >= 4 is 28.5 Å². The number of benzene rings is 2. The van der Waals surface area contributed by atoms with Gasteiger partial charge >= 0.3 is 11.6 Å². The third-order valence-electron chi connectivity index (χ3n) is 6.00. The zero-order valence-electron chi connectivity index (χ0n) is 21.4. The van der Waals surface area contributed by atoms with E-state index in [-0.39, 0.29) is 23.4 Å². The van der Waals surface area contributed by atoms with Crippen LogP contribution in [0.5, 0.6) is 11.5 Å². The van der Waals surface area contributed by atoms with E-state index >= 15 is 0 Å². The van der Waals surface area contributed by atoms with Gasteiger partial charge in [-0.1, -0.05) is 11.6 Å². The number of amides is 1. The van der Waals surface area contributed by atoms with Crippen molar-refractivity contribution in [1.29, 1.82) is 0 Å². The summed E-state index contributed by atoms with van der Waals surface area (Å²) in [6.07, 6.45) is -0.911. The molecule has 1 amide bonds. The summed E-state index contributed by atoms with van der Waals surface area (Å²) in [4.78, 5) is 37.2. The van der Waals surface area contributed by atoms with E-state index in [9.17, 15) is 24.6 Å². The van der Waals surface area contributed by atoms with E-state index in [0.29, 0.717) is 34.4 Å². The SMILES string of the molecule is CC(=O)Oc1ccc(C(=O)Nc2cc3ccc(O[C@@H]4OC[C@H](O)[C@H]4O)c(C)c3oc2=O)cc1CC=C(C)C. The molecule has 3 atom stereocenters. The average Bonchev–Trinajstić information content (AvgIpc) is 3.17. The first-order valence-corrected chi connectivity index (χ1v) is 12.0. The van der Waals surface area contributed by atoms with Crippen LogP contribution in [-0.2, 0) is 16.0 Å². The van der Waals surface area contributed by atoms with Crippen LogP contribution in [-0.4, -0.2) is 47.2 Å². The summed E-state index contributed by atoms with van der Waals surface area (Å²) in [5.74, 6) is -0.336. The molecule has 2 aromatic carbocycles. The Labute approximate surface area is 218 Å². The molecular weight excluding hydrogens is 494 g/mol. The Hall–Kier alpha value is -3.99. The number of carbonyl (C=O) groups excluding carboxylic acids is 2. The van der Waals surface area contributed by atoms with Crippen molar-refractivity contribution < 1.29 is 38.4 Å². The highest BCUT2D eigenvalue weighted by Crippen LogP contribution is 2.30. The molecule has 0 bridgehead atoms. The van der Waals surface area contributed by atoms with Crippen LogP contribution in [0.3, 0.4) is 0 Å². The second-order valence-corrected chi connectivity index (χ2v) is 9.29. The van der Waals surface area contributed by atoms with E-state index in [1.54, 1.807) is 31.2 Å². The number of hydrogen-bond donors (Lipinski definition) is 3. The predicted molar refractivity (Wildman–Crippen MR) is 138 cm³/mol. The number of esters is 1. The van der Waals surface area contributed by atoms with Gasteiger partial charge in [-0.05, 0) is 69.2 Å². The summed E-state index contributed by atoms with van der Waals surface area (Å²) < 4.78 is 21.7. The minimum atomic E-state index is -1.21. The Morgan fingerprint density at radius 1 is 1.11 bits per heavy atom. The van der Waals surface area contributed by atoms with Gasteiger partial charge in [-0.2, -0.15) is 0 Å². The van der Waals surface area contributed by atoms with Crippen LogP contribution in [0.4, 0.5) is 5.69 Å². The van der Waals surface area contributed by atoms with Crippen LogP contribution in [0.25, 0.3) is 11.0 Å².